The van der Waals surface area contributed by atoms with Crippen LogP contribution in [0.15, 0.2) is 35.8 Å². The van der Waals surface area contributed by atoms with Gasteiger partial charge in [-0.05, 0) is 36.4 Å². The van der Waals surface area contributed by atoms with Crippen LogP contribution in [0.4, 0.5) is 0 Å². The summed E-state index contributed by atoms with van der Waals surface area (Å²) in [6.45, 7) is 1.49. The molecule has 0 aromatic carbocycles. The minimum absolute atomic E-state index is 0.134. The average molecular weight is 313 g/mol. The van der Waals surface area contributed by atoms with E-state index in [2.05, 4.69) is 15.3 Å². The number of pyridine rings is 1. The number of carbonyl (C=O) groups excluding carboxylic acids is 1. The maximum atomic E-state index is 12.4. The van der Waals surface area contributed by atoms with Crippen molar-refractivity contribution in [2.75, 3.05) is 13.1 Å². The van der Waals surface area contributed by atoms with Crippen LogP contribution in [-0.4, -0.2) is 43.9 Å². The van der Waals surface area contributed by atoms with Crippen molar-refractivity contribution in [1.82, 2.24) is 24.9 Å². The second kappa shape index (κ2) is 5.49. The zero-order valence-electron chi connectivity index (χ0n) is 11.9. The third-order valence-electron chi connectivity index (χ3n) is 4.06. The van der Waals surface area contributed by atoms with Crippen molar-refractivity contribution in [3.63, 3.8) is 0 Å². The predicted octanol–water partition coefficient (Wildman–Crippen LogP) is 2.37. The number of thiophene rings is 1. The van der Waals surface area contributed by atoms with Crippen LogP contribution in [0.2, 0.25) is 0 Å². The topological polar surface area (TPSA) is 63.9 Å². The molecule has 22 heavy (non-hydrogen) atoms. The molecule has 3 aromatic heterocycles. The van der Waals surface area contributed by atoms with Crippen LogP contribution in [-0.2, 0) is 0 Å². The first-order valence-corrected chi connectivity index (χ1v) is 8.19. The highest BCUT2D eigenvalue weighted by atomic mass is 32.1. The van der Waals surface area contributed by atoms with E-state index in [-0.39, 0.29) is 11.9 Å². The van der Waals surface area contributed by atoms with E-state index < -0.39 is 0 Å². The molecule has 4 rings (SSSR count). The molecule has 0 unspecified atom stereocenters. The fourth-order valence-corrected chi connectivity index (χ4v) is 3.59. The van der Waals surface area contributed by atoms with E-state index in [1.165, 1.54) is 11.3 Å². The monoisotopic (exact) mass is 313 g/mol. The van der Waals surface area contributed by atoms with Crippen LogP contribution < -0.4 is 0 Å². The number of piperidine rings is 1. The largest absolute Gasteiger partial charge is 0.338 e. The SMILES string of the molecule is O=C(c1cccs1)N1CCC(n2nnc3cccnc32)CC1. The molecular formula is C15H15N5OS. The molecule has 0 spiro atoms. The third-order valence-corrected chi connectivity index (χ3v) is 4.92. The Morgan fingerprint density at radius 2 is 2.09 bits per heavy atom. The highest BCUT2D eigenvalue weighted by Crippen LogP contribution is 2.25. The van der Waals surface area contributed by atoms with Crippen LogP contribution in [0.1, 0.15) is 28.6 Å². The fourth-order valence-electron chi connectivity index (χ4n) is 2.90. The molecule has 112 valence electrons. The lowest BCUT2D eigenvalue weighted by atomic mass is 10.1. The Labute approximate surface area is 131 Å². The summed E-state index contributed by atoms with van der Waals surface area (Å²) in [5.74, 6) is 0.134. The third kappa shape index (κ3) is 2.27. The van der Waals surface area contributed by atoms with E-state index in [9.17, 15) is 4.79 Å². The van der Waals surface area contributed by atoms with Crippen LogP contribution in [0.25, 0.3) is 11.2 Å². The summed E-state index contributed by atoms with van der Waals surface area (Å²) < 4.78 is 1.91. The normalized spacial score (nSPS) is 16.3. The van der Waals surface area contributed by atoms with Crippen molar-refractivity contribution in [3.05, 3.63) is 40.7 Å². The number of aromatic nitrogens is 4. The Kier molecular flexibility index (Phi) is 3.34. The van der Waals surface area contributed by atoms with Crippen molar-refractivity contribution < 1.29 is 4.79 Å². The summed E-state index contributed by atoms with van der Waals surface area (Å²) in [6.07, 6.45) is 3.52. The fraction of sp³-hybridized carbons (Fsp3) is 0.333. The number of hydrogen-bond donors (Lipinski definition) is 0. The first-order chi connectivity index (χ1) is 10.8. The lowest BCUT2D eigenvalue weighted by Gasteiger charge is -2.31. The molecule has 1 amide bonds. The predicted molar refractivity (Wildman–Crippen MR) is 83.8 cm³/mol. The molecule has 3 aromatic rings. The van der Waals surface area contributed by atoms with E-state index in [0.29, 0.717) is 0 Å². The minimum Gasteiger partial charge on any atom is -0.338 e. The lowest BCUT2D eigenvalue weighted by molar-refractivity contribution is 0.0695. The zero-order chi connectivity index (χ0) is 14.9. The van der Waals surface area contributed by atoms with E-state index in [1.807, 2.05) is 39.2 Å². The van der Waals surface area contributed by atoms with Gasteiger partial charge in [0.2, 0.25) is 0 Å². The van der Waals surface area contributed by atoms with Gasteiger partial charge in [0, 0.05) is 19.3 Å². The second-order valence-corrected chi connectivity index (χ2v) is 6.33. The zero-order valence-corrected chi connectivity index (χ0v) is 12.7. The number of nitrogens with zero attached hydrogens (tertiary/aromatic N) is 5. The molecule has 6 nitrogen and oxygen atoms in total. The van der Waals surface area contributed by atoms with Crippen molar-refractivity contribution in [1.29, 1.82) is 0 Å². The van der Waals surface area contributed by atoms with Gasteiger partial charge < -0.3 is 4.90 Å². The number of amides is 1. The van der Waals surface area contributed by atoms with Gasteiger partial charge in [0.1, 0.15) is 5.52 Å². The first kappa shape index (κ1) is 13.4. The number of rotatable bonds is 2. The number of likely N-dealkylation sites (tertiary alicyclic amines) is 1. The van der Waals surface area contributed by atoms with Gasteiger partial charge in [-0.3, -0.25) is 4.79 Å². The van der Waals surface area contributed by atoms with Crippen LogP contribution in [0.3, 0.4) is 0 Å². The molecule has 0 aliphatic carbocycles. The van der Waals surface area contributed by atoms with Gasteiger partial charge in [-0.25, -0.2) is 9.67 Å². The molecule has 1 aliphatic rings. The van der Waals surface area contributed by atoms with E-state index in [0.717, 1.165) is 42.0 Å². The van der Waals surface area contributed by atoms with Gasteiger partial charge in [-0.2, -0.15) is 0 Å². The van der Waals surface area contributed by atoms with Gasteiger partial charge in [-0.1, -0.05) is 11.3 Å². The van der Waals surface area contributed by atoms with Crippen molar-refractivity contribution in [2.45, 2.75) is 18.9 Å². The average Bonchev–Trinajstić information content (AvgIpc) is 3.24. The van der Waals surface area contributed by atoms with Crippen LogP contribution >= 0.6 is 11.3 Å². The van der Waals surface area contributed by atoms with Gasteiger partial charge in [-0.15, -0.1) is 16.4 Å². The van der Waals surface area contributed by atoms with Gasteiger partial charge >= 0.3 is 0 Å². The lowest BCUT2D eigenvalue weighted by Crippen LogP contribution is -2.39. The maximum absolute atomic E-state index is 12.4. The Morgan fingerprint density at radius 3 is 2.86 bits per heavy atom. The summed E-state index contributed by atoms with van der Waals surface area (Å²) in [5.41, 5.74) is 1.64. The number of carbonyl (C=O) groups is 1. The van der Waals surface area contributed by atoms with Crippen molar-refractivity contribution in [2.24, 2.45) is 0 Å². The van der Waals surface area contributed by atoms with Gasteiger partial charge in [0.15, 0.2) is 5.65 Å². The molecular weight excluding hydrogens is 298 g/mol. The summed E-state index contributed by atoms with van der Waals surface area (Å²) in [5, 5.41) is 10.3. The molecule has 4 heterocycles. The van der Waals surface area contributed by atoms with Gasteiger partial charge in [0.25, 0.3) is 5.91 Å². The highest BCUT2D eigenvalue weighted by Gasteiger charge is 2.26. The molecule has 0 saturated carbocycles. The van der Waals surface area contributed by atoms with E-state index in [1.54, 1.807) is 6.20 Å². The molecule has 0 radical (unpaired) electrons. The Hall–Kier alpha value is -2.28. The van der Waals surface area contributed by atoms with Crippen LogP contribution in [0.5, 0.6) is 0 Å². The molecule has 1 fully saturated rings. The number of hydrogen-bond acceptors (Lipinski definition) is 5. The quantitative estimate of drug-likeness (QED) is 0.728. The van der Waals surface area contributed by atoms with Crippen molar-refractivity contribution in [3.8, 4) is 0 Å². The second-order valence-electron chi connectivity index (χ2n) is 5.38. The Morgan fingerprint density at radius 1 is 1.23 bits per heavy atom. The smallest absolute Gasteiger partial charge is 0.263 e. The van der Waals surface area contributed by atoms with Gasteiger partial charge in [0.05, 0.1) is 10.9 Å². The molecule has 0 atom stereocenters. The van der Waals surface area contributed by atoms with E-state index in [4.69, 9.17) is 0 Å². The Bertz CT molecular complexity index is 789. The standard InChI is InChI=1S/C15H15N5OS/c21-15(13-4-2-10-22-13)19-8-5-11(6-9-19)20-14-12(17-18-20)3-1-7-16-14/h1-4,7,10-11H,5-6,8-9H2. The Balaban J connectivity index is 1.49. The van der Waals surface area contributed by atoms with Crippen LogP contribution in [0, 0.1) is 0 Å². The molecule has 1 aliphatic heterocycles. The maximum Gasteiger partial charge on any atom is 0.263 e. The summed E-state index contributed by atoms with van der Waals surface area (Å²) in [7, 11) is 0. The minimum atomic E-state index is 0.134. The summed E-state index contributed by atoms with van der Waals surface area (Å²) >= 11 is 1.50. The highest BCUT2D eigenvalue weighted by molar-refractivity contribution is 7.12. The van der Waals surface area contributed by atoms with Crippen molar-refractivity contribution >= 4 is 28.4 Å². The molecule has 1 saturated heterocycles. The van der Waals surface area contributed by atoms with E-state index >= 15 is 0 Å². The molecule has 0 N–H and O–H groups in total. The summed E-state index contributed by atoms with van der Waals surface area (Å²) in [6, 6.07) is 7.84. The molecule has 7 heteroatoms. The molecule has 0 bridgehead atoms. The first-order valence-electron chi connectivity index (χ1n) is 7.31. The summed E-state index contributed by atoms with van der Waals surface area (Å²) in [4.78, 5) is 19.5. The number of fused-ring (bicyclic) bond motifs is 1.